The Morgan fingerprint density at radius 2 is 1.48 bits per heavy atom. The van der Waals surface area contributed by atoms with Gasteiger partial charge in [0.1, 0.15) is 5.75 Å². The van der Waals surface area contributed by atoms with E-state index in [0.29, 0.717) is 12.1 Å². The van der Waals surface area contributed by atoms with Gasteiger partial charge < -0.3 is 10.1 Å². The third kappa shape index (κ3) is 6.92. The maximum absolute atomic E-state index is 13.5. The third-order valence-corrected chi connectivity index (χ3v) is 3.89. The number of carbonyl (C=O) groups excluding carboxylic acids is 2. The molecule has 0 spiro atoms. The van der Waals surface area contributed by atoms with Crippen LogP contribution in [0.5, 0.6) is 5.75 Å². The molecule has 0 bridgehead atoms. The van der Waals surface area contributed by atoms with Gasteiger partial charge >= 0.3 is 30.8 Å². The molecular formula is C18H11ClF8N2O4. The number of ether oxygens (including phenoxy) is 2. The van der Waals surface area contributed by atoms with Gasteiger partial charge in [0.05, 0.1) is 10.6 Å². The molecule has 33 heavy (non-hydrogen) atoms. The highest BCUT2D eigenvalue weighted by Gasteiger charge is 2.64. The van der Waals surface area contributed by atoms with Crippen LogP contribution in [0, 0.1) is 0 Å². The van der Waals surface area contributed by atoms with Crippen molar-refractivity contribution in [1.82, 2.24) is 5.32 Å². The van der Waals surface area contributed by atoms with Crippen molar-refractivity contribution in [3.63, 3.8) is 0 Å². The quantitative estimate of drug-likeness (QED) is 0.470. The molecule has 15 heteroatoms. The minimum absolute atomic E-state index is 0.0145. The Kier molecular flexibility index (Phi) is 7.75. The predicted octanol–water partition coefficient (Wildman–Crippen LogP) is 5.74. The molecule has 0 fully saturated rings. The molecule has 0 aliphatic carbocycles. The van der Waals surface area contributed by atoms with E-state index in [9.17, 15) is 44.7 Å². The first-order valence-electron chi connectivity index (χ1n) is 8.42. The number of hydrogen-bond donors (Lipinski definition) is 2. The fraction of sp³-hybridized carbons (Fsp3) is 0.222. The van der Waals surface area contributed by atoms with Crippen LogP contribution < -0.4 is 15.4 Å². The van der Waals surface area contributed by atoms with Crippen molar-refractivity contribution in [1.29, 1.82) is 0 Å². The van der Waals surface area contributed by atoms with Crippen LogP contribution in [0.25, 0.3) is 0 Å². The fourth-order valence-electron chi connectivity index (χ4n) is 2.05. The van der Waals surface area contributed by atoms with Crippen LogP contribution in [0.15, 0.2) is 48.5 Å². The summed E-state index contributed by atoms with van der Waals surface area (Å²) in [6, 6.07) is 7.97. The van der Waals surface area contributed by atoms with Gasteiger partial charge in [-0.25, -0.2) is 9.18 Å². The number of amides is 3. The standard InChI is InChI=1S/C18H11ClF8N2O4/c19-12-4-2-1-3-11(12)13(30)29-15(31)28-9-5-7-10(8-6-9)32-16(21,22)14(20)33-18(26,27)17(23,24)25/h1-8,14H,(H2,28,29,30,31). The molecule has 1 unspecified atom stereocenters. The molecule has 0 aliphatic rings. The second kappa shape index (κ2) is 9.79. The van der Waals surface area contributed by atoms with E-state index in [1.54, 1.807) is 6.07 Å². The molecule has 0 saturated heterocycles. The fourth-order valence-corrected chi connectivity index (χ4v) is 2.27. The molecule has 0 saturated carbocycles. The highest BCUT2D eigenvalue weighted by Crippen LogP contribution is 2.40. The van der Waals surface area contributed by atoms with E-state index >= 15 is 0 Å². The zero-order valence-electron chi connectivity index (χ0n) is 15.7. The summed E-state index contributed by atoms with van der Waals surface area (Å²) in [6.07, 6.45) is -22.3. The van der Waals surface area contributed by atoms with E-state index < -0.39 is 42.4 Å². The van der Waals surface area contributed by atoms with Gasteiger partial charge in [0.15, 0.2) is 0 Å². The van der Waals surface area contributed by atoms with Crippen molar-refractivity contribution in [2.45, 2.75) is 24.8 Å². The van der Waals surface area contributed by atoms with Gasteiger partial charge in [0.2, 0.25) is 0 Å². The number of rotatable bonds is 7. The topological polar surface area (TPSA) is 76.7 Å². The molecule has 6 nitrogen and oxygen atoms in total. The molecular weight excluding hydrogens is 496 g/mol. The summed E-state index contributed by atoms with van der Waals surface area (Å²) in [5.41, 5.74) is -0.105. The number of alkyl halides is 8. The Bertz CT molecular complexity index is 1000. The molecule has 2 aromatic rings. The minimum atomic E-state index is -6.44. The third-order valence-electron chi connectivity index (χ3n) is 3.56. The molecule has 180 valence electrons. The van der Waals surface area contributed by atoms with Crippen LogP contribution in [0.4, 0.5) is 45.6 Å². The minimum Gasteiger partial charge on any atom is -0.429 e. The summed E-state index contributed by atoms with van der Waals surface area (Å²) in [6.45, 7) is 0. The van der Waals surface area contributed by atoms with Crippen molar-refractivity contribution in [2.75, 3.05) is 5.32 Å². The predicted molar refractivity (Wildman–Crippen MR) is 96.9 cm³/mol. The van der Waals surface area contributed by atoms with Crippen molar-refractivity contribution in [3.05, 3.63) is 59.1 Å². The highest BCUT2D eigenvalue weighted by molar-refractivity contribution is 6.34. The number of anilines is 1. The normalized spacial score (nSPS) is 13.2. The van der Waals surface area contributed by atoms with Gasteiger partial charge in [-0.2, -0.15) is 30.7 Å². The first kappa shape index (κ1) is 26.1. The molecule has 2 aromatic carbocycles. The molecule has 0 aromatic heterocycles. The summed E-state index contributed by atoms with van der Waals surface area (Å²) in [7, 11) is 0. The molecule has 0 aliphatic heterocycles. The Labute approximate surface area is 184 Å². The zero-order chi connectivity index (χ0) is 25.0. The lowest BCUT2D eigenvalue weighted by Gasteiger charge is -2.26. The number of urea groups is 1. The molecule has 0 radical (unpaired) electrons. The van der Waals surface area contributed by atoms with Crippen molar-refractivity contribution < 1.29 is 54.2 Å². The van der Waals surface area contributed by atoms with Crippen LogP contribution in [-0.4, -0.2) is 36.7 Å². The Hall–Kier alpha value is -3.13. The van der Waals surface area contributed by atoms with E-state index in [-0.39, 0.29) is 16.3 Å². The second-order valence-corrected chi connectivity index (χ2v) is 6.43. The van der Waals surface area contributed by atoms with E-state index in [0.717, 1.165) is 12.1 Å². The number of carbonyl (C=O) groups is 2. The smallest absolute Gasteiger partial charge is 0.429 e. The van der Waals surface area contributed by atoms with Crippen LogP contribution in [-0.2, 0) is 4.74 Å². The number of halogens is 9. The molecule has 0 heterocycles. The lowest BCUT2D eigenvalue weighted by molar-refractivity contribution is -0.442. The first-order chi connectivity index (χ1) is 15.1. The van der Waals surface area contributed by atoms with Gasteiger partial charge in [-0.05, 0) is 36.4 Å². The molecule has 1 atom stereocenters. The van der Waals surface area contributed by atoms with E-state index in [1.807, 2.05) is 5.32 Å². The number of imide groups is 1. The number of hydrogen-bond acceptors (Lipinski definition) is 4. The summed E-state index contributed by atoms with van der Waals surface area (Å²) in [5, 5.41) is 4.14. The maximum atomic E-state index is 13.5. The Balaban J connectivity index is 1.97. The Morgan fingerprint density at radius 1 is 0.909 bits per heavy atom. The van der Waals surface area contributed by atoms with Gasteiger partial charge in [0.25, 0.3) is 5.91 Å². The summed E-state index contributed by atoms with van der Waals surface area (Å²) >= 11 is 5.81. The lowest BCUT2D eigenvalue weighted by atomic mass is 10.2. The second-order valence-electron chi connectivity index (χ2n) is 6.02. The number of nitrogens with one attached hydrogen (secondary N) is 2. The van der Waals surface area contributed by atoms with E-state index in [2.05, 4.69) is 14.8 Å². The van der Waals surface area contributed by atoms with Crippen molar-refractivity contribution in [3.8, 4) is 5.75 Å². The van der Waals surface area contributed by atoms with Crippen LogP contribution in [0.2, 0.25) is 5.02 Å². The van der Waals surface area contributed by atoms with Crippen LogP contribution in [0.1, 0.15) is 10.4 Å². The van der Waals surface area contributed by atoms with Crippen molar-refractivity contribution >= 4 is 29.2 Å². The summed E-state index contributed by atoms with van der Waals surface area (Å²) in [5.74, 6) is -1.73. The van der Waals surface area contributed by atoms with Crippen LogP contribution >= 0.6 is 11.6 Å². The SMILES string of the molecule is O=C(NC(=O)c1ccccc1Cl)Nc1ccc(OC(F)(F)C(F)OC(F)(F)C(F)(F)F)cc1. The zero-order valence-corrected chi connectivity index (χ0v) is 16.5. The number of benzene rings is 2. The highest BCUT2D eigenvalue weighted by atomic mass is 35.5. The molecule has 2 rings (SSSR count). The average molecular weight is 507 g/mol. The van der Waals surface area contributed by atoms with E-state index in [1.165, 1.54) is 18.2 Å². The lowest BCUT2D eigenvalue weighted by Crippen LogP contribution is -2.48. The monoisotopic (exact) mass is 506 g/mol. The van der Waals surface area contributed by atoms with Crippen molar-refractivity contribution in [2.24, 2.45) is 0 Å². The summed E-state index contributed by atoms with van der Waals surface area (Å²) < 4.78 is 108. The van der Waals surface area contributed by atoms with Gasteiger partial charge in [-0.15, -0.1) is 0 Å². The average Bonchev–Trinajstić information content (AvgIpc) is 2.68. The van der Waals surface area contributed by atoms with Gasteiger partial charge in [-0.3, -0.25) is 14.8 Å². The molecule has 3 amide bonds. The molecule has 2 N–H and O–H groups in total. The summed E-state index contributed by atoms with van der Waals surface area (Å²) in [4.78, 5) is 23.8. The van der Waals surface area contributed by atoms with Crippen LogP contribution in [0.3, 0.4) is 0 Å². The van der Waals surface area contributed by atoms with E-state index in [4.69, 9.17) is 11.6 Å². The maximum Gasteiger partial charge on any atom is 0.483 e. The van der Waals surface area contributed by atoms with Gasteiger partial charge in [0, 0.05) is 5.69 Å². The van der Waals surface area contributed by atoms with Gasteiger partial charge in [-0.1, -0.05) is 23.7 Å². The largest absolute Gasteiger partial charge is 0.483 e. The Morgan fingerprint density at radius 3 is 2.03 bits per heavy atom. The first-order valence-corrected chi connectivity index (χ1v) is 8.80.